The van der Waals surface area contributed by atoms with Crippen molar-refractivity contribution in [1.29, 1.82) is 0 Å². The van der Waals surface area contributed by atoms with Crippen LogP contribution in [-0.4, -0.2) is 24.5 Å². The highest BCUT2D eigenvalue weighted by Crippen LogP contribution is 2.09. The first-order chi connectivity index (χ1) is 5.24. The zero-order chi connectivity index (χ0) is 8.27. The summed E-state index contributed by atoms with van der Waals surface area (Å²) in [5.74, 6) is -0.980. The van der Waals surface area contributed by atoms with Crippen LogP contribution < -0.4 is 0 Å². The Kier molecular flexibility index (Phi) is 2.28. The Balaban J connectivity index is 2.71. The molecule has 1 aliphatic rings. The van der Waals surface area contributed by atoms with Crippen molar-refractivity contribution in [3.05, 3.63) is 24.0 Å². The molecule has 0 aromatic heterocycles. The van der Waals surface area contributed by atoms with Gasteiger partial charge in [0.2, 0.25) is 6.29 Å². The SMILES string of the molecule is COC1C=C(C(=O)O)C=CO1. The molecule has 0 radical (unpaired) electrons. The van der Waals surface area contributed by atoms with E-state index < -0.39 is 12.3 Å². The largest absolute Gasteiger partial charge is 0.478 e. The zero-order valence-corrected chi connectivity index (χ0v) is 5.98. The third-order valence-corrected chi connectivity index (χ3v) is 1.26. The normalized spacial score (nSPS) is 22.3. The molecule has 0 saturated carbocycles. The Bertz CT molecular complexity index is 216. The number of aliphatic carboxylic acids is 1. The molecular formula is C7H8O4. The molecule has 1 atom stereocenters. The lowest BCUT2D eigenvalue weighted by molar-refractivity contribution is -0.132. The molecule has 0 aromatic rings. The third kappa shape index (κ3) is 1.81. The molecule has 4 nitrogen and oxygen atoms in total. The van der Waals surface area contributed by atoms with Crippen LogP contribution in [0.1, 0.15) is 0 Å². The standard InChI is InChI=1S/C7H8O4/c1-10-6-4-5(7(8)9)2-3-11-6/h2-4,6H,1H3,(H,8,9). The number of carboxylic acid groups (broad SMARTS) is 1. The van der Waals surface area contributed by atoms with Crippen molar-refractivity contribution in [2.75, 3.05) is 7.11 Å². The van der Waals surface area contributed by atoms with Gasteiger partial charge >= 0.3 is 5.97 Å². The van der Waals surface area contributed by atoms with Gasteiger partial charge < -0.3 is 14.6 Å². The summed E-state index contributed by atoms with van der Waals surface area (Å²) < 4.78 is 9.62. The molecule has 1 rings (SSSR count). The summed E-state index contributed by atoms with van der Waals surface area (Å²) in [6.45, 7) is 0. The van der Waals surface area contributed by atoms with Gasteiger partial charge in [-0.15, -0.1) is 0 Å². The molecule has 1 N–H and O–H groups in total. The molecule has 1 aliphatic heterocycles. The summed E-state index contributed by atoms with van der Waals surface area (Å²) in [5.41, 5.74) is 0.183. The molecule has 0 spiro atoms. The molecule has 0 amide bonds. The van der Waals surface area contributed by atoms with E-state index in [4.69, 9.17) is 14.6 Å². The minimum absolute atomic E-state index is 0.183. The Hall–Kier alpha value is -1.29. The molecular weight excluding hydrogens is 148 g/mol. The fraction of sp³-hybridized carbons (Fsp3) is 0.286. The van der Waals surface area contributed by atoms with Crippen molar-refractivity contribution in [3.63, 3.8) is 0 Å². The van der Waals surface area contributed by atoms with Gasteiger partial charge in [0.05, 0.1) is 11.8 Å². The molecule has 4 heteroatoms. The van der Waals surface area contributed by atoms with Crippen molar-refractivity contribution >= 4 is 5.97 Å². The van der Waals surface area contributed by atoms with Gasteiger partial charge in [-0.2, -0.15) is 0 Å². The van der Waals surface area contributed by atoms with Crippen molar-refractivity contribution in [3.8, 4) is 0 Å². The second-order valence-corrected chi connectivity index (χ2v) is 1.97. The van der Waals surface area contributed by atoms with E-state index in [0.717, 1.165) is 0 Å². The molecule has 0 fully saturated rings. The summed E-state index contributed by atoms with van der Waals surface area (Å²) in [7, 11) is 1.44. The summed E-state index contributed by atoms with van der Waals surface area (Å²) in [5, 5.41) is 8.52. The van der Waals surface area contributed by atoms with Crippen LogP contribution in [0.3, 0.4) is 0 Å². The van der Waals surface area contributed by atoms with E-state index >= 15 is 0 Å². The minimum Gasteiger partial charge on any atom is -0.478 e. The summed E-state index contributed by atoms with van der Waals surface area (Å²) in [6.07, 6.45) is 3.49. The Morgan fingerprint density at radius 1 is 1.82 bits per heavy atom. The van der Waals surface area contributed by atoms with E-state index in [2.05, 4.69) is 0 Å². The maximum atomic E-state index is 10.4. The molecule has 0 aliphatic carbocycles. The topological polar surface area (TPSA) is 55.8 Å². The van der Waals surface area contributed by atoms with E-state index in [9.17, 15) is 4.79 Å². The van der Waals surface area contributed by atoms with Crippen LogP contribution >= 0.6 is 0 Å². The predicted molar refractivity (Wildman–Crippen MR) is 36.7 cm³/mol. The molecule has 11 heavy (non-hydrogen) atoms. The number of carbonyl (C=O) groups is 1. The summed E-state index contributed by atoms with van der Waals surface area (Å²) in [6, 6.07) is 0. The summed E-state index contributed by atoms with van der Waals surface area (Å²) in [4.78, 5) is 10.4. The van der Waals surface area contributed by atoms with Gasteiger partial charge in [0.1, 0.15) is 0 Å². The first-order valence-electron chi connectivity index (χ1n) is 3.04. The monoisotopic (exact) mass is 156 g/mol. The van der Waals surface area contributed by atoms with Gasteiger partial charge in [-0.25, -0.2) is 4.79 Å². The maximum Gasteiger partial charge on any atom is 0.335 e. The van der Waals surface area contributed by atoms with E-state index in [-0.39, 0.29) is 5.57 Å². The van der Waals surface area contributed by atoms with Gasteiger partial charge in [0, 0.05) is 7.11 Å². The lowest BCUT2D eigenvalue weighted by Crippen LogP contribution is -2.14. The fourth-order valence-electron chi connectivity index (χ4n) is 0.698. The molecule has 0 aromatic carbocycles. The molecule has 60 valence electrons. The van der Waals surface area contributed by atoms with Crippen LogP contribution in [0.2, 0.25) is 0 Å². The number of hydrogen-bond acceptors (Lipinski definition) is 3. The highest BCUT2D eigenvalue weighted by atomic mass is 16.7. The van der Waals surface area contributed by atoms with Crippen LogP contribution in [-0.2, 0) is 14.3 Å². The Morgan fingerprint density at radius 2 is 2.55 bits per heavy atom. The lowest BCUT2D eigenvalue weighted by Gasteiger charge is -2.14. The molecule has 1 heterocycles. The van der Waals surface area contributed by atoms with Crippen molar-refractivity contribution < 1.29 is 19.4 Å². The van der Waals surface area contributed by atoms with Gasteiger partial charge in [0.25, 0.3) is 0 Å². The second-order valence-electron chi connectivity index (χ2n) is 1.97. The van der Waals surface area contributed by atoms with E-state index in [0.29, 0.717) is 0 Å². The molecule has 0 saturated heterocycles. The number of hydrogen-bond donors (Lipinski definition) is 1. The average molecular weight is 156 g/mol. The zero-order valence-electron chi connectivity index (χ0n) is 5.98. The van der Waals surface area contributed by atoms with Crippen LogP contribution in [0.15, 0.2) is 24.0 Å². The quantitative estimate of drug-likeness (QED) is 0.633. The highest BCUT2D eigenvalue weighted by Gasteiger charge is 2.12. The summed E-state index contributed by atoms with van der Waals surface area (Å²) >= 11 is 0. The van der Waals surface area contributed by atoms with E-state index in [1.807, 2.05) is 0 Å². The molecule has 0 bridgehead atoms. The van der Waals surface area contributed by atoms with E-state index in [1.165, 1.54) is 25.5 Å². The van der Waals surface area contributed by atoms with Gasteiger partial charge in [0.15, 0.2) is 0 Å². The number of carboxylic acids is 1. The fourth-order valence-corrected chi connectivity index (χ4v) is 0.698. The number of methoxy groups -OCH3 is 1. The maximum absolute atomic E-state index is 10.4. The lowest BCUT2D eigenvalue weighted by atomic mass is 10.2. The van der Waals surface area contributed by atoms with Crippen LogP contribution in [0, 0.1) is 0 Å². The number of rotatable bonds is 2. The molecule has 1 unspecified atom stereocenters. The van der Waals surface area contributed by atoms with Gasteiger partial charge in [-0.05, 0) is 12.2 Å². The van der Waals surface area contributed by atoms with Crippen LogP contribution in [0.5, 0.6) is 0 Å². The highest BCUT2D eigenvalue weighted by molar-refractivity contribution is 5.89. The van der Waals surface area contributed by atoms with Crippen LogP contribution in [0.25, 0.3) is 0 Å². The van der Waals surface area contributed by atoms with Crippen LogP contribution in [0.4, 0.5) is 0 Å². The van der Waals surface area contributed by atoms with Gasteiger partial charge in [-0.1, -0.05) is 0 Å². The first-order valence-corrected chi connectivity index (χ1v) is 3.04. The predicted octanol–water partition coefficient (Wildman–Crippen LogP) is 0.514. The first kappa shape index (κ1) is 7.81. The second kappa shape index (κ2) is 3.21. The van der Waals surface area contributed by atoms with Crippen molar-refractivity contribution in [2.45, 2.75) is 6.29 Å². The average Bonchev–Trinajstić information content (AvgIpc) is 2.05. The van der Waals surface area contributed by atoms with E-state index in [1.54, 1.807) is 0 Å². The Morgan fingerprint density at radius 3 is 3.09 bits per heavy atom. The van der Waals surface area contributed by atoms with Crippen molar-refractivity contribution in [2.24, 2.45) is 0 Å². The minimum atomic E-state index is -0.980. The van der Waals surface area contributed by atoms with Gasteiger partial charge in [-0.3, -0.25) is 0 Å². The Labute approximate surface area is 63.7 Å². The number of ether oxygens (including phenoxy) is 2. The van der Waals surface area contributed by atoms with Crippen molar-refractivity contribution in [1.82, 2.24) is 0 Å². The third-order valence-electron chi connectivity index (χ3n) is 1.26. The smallest absolute Gasteiger partial charge is 0.335 e.